The molecule has 3 rings (SSSR count). The second kappa shape index (κ2) is 7.53. The Kier molecular flexibility index (Phi) is 5.91. The molecule has 0 bridgehead atoms. The molecule has 0 atom stereocenters. The quantitative estimate of drug-likeness (QED) is 0.746. The van der Waals surface area contributed by atoms with Gasteiger partial charge in [0, 0.05) is 18.9 Å². The van der Waals surface area contributed by atoms with Gasteiger partial charge in [-0.15, -0.1) is 10.2 Å². The summed E-state index contributed by atoms with van der Waals surface area (Å²) in [5.41, 5.74) is -0.816. The van der Waals surface area contributed by atoms with Crippen LogP contribution >= 0.6 is 12.0 Å². The van der Waals surface area contributed by atoms with Crippen LogP contribution in [0, 0.1) is 5.92 Å². The lowest BCUT2D eigenvalue weighted by molar-refractivity contribution is -0.137. The van der Waals surface area contributed by atoms with Crippen molar-refractivity contribution in [2.45, 2.75) is 45.9 Å². The largest absolute Gasteiger partial charge is 0.420 e. The van der Waals surface area contributed by atoms with Crippen molar-refractivity contribution in [2.75, 3.05) is 6.26 Å². The number of hydrogen-bond acceptors (Lipinski definition) is 4. The molecule has 8 heteroatoms. The van der Waals surface area contributed by atoms with Crippen LogP contribution in [0.3, 0.4) is 0 Å². The standard InChI is InChI=1S/C13H14F3N3OS.C2H6/c1-21-20-7-9-4-5-19-10(6-8-2-3-8)17-18-12(19)11(9)13(14,15)16;1-2/h4-5,8H,2-3,6-7H2,1H3;1-2H3. The number of alkyl halides is 3. The number of rotatable bonds is 5. The van der Waals surface area contributed by atoms with E-state index in [0.29, 0.717) is 18.2 Å². The number of nitrogens with zero attached hydrogens (tertiary/aromatic N) is 3. The van der Waals surface area contributed by atoms with E-state index < -0.39 is 11.7 Å². The molecule has 0 unspecified atom stereocenters. The minimum absolute atomic E-state index is 0.0784. The van der Waals surface area contributed by atoms with Gasteiger partial charge in [-0.05, 0) is 42.4 Å². The van der Waals surface area contributed by atoms with Crippen molar-refractivity contribution in [1.29, 1.82) is 0 Å². The van der Waals surface area contributed by atoms with Gasteiger partial charge in [-0.2, -0.15) is 13.2 Å². The summed E-state index contributed by atoms with van der Waals surface area (Å²) in [6.07, 6.45) is 1.68. The zero-order chi connectivity index (χ0) is 17.0. The van der Waals surface area contributed by atoms with Crippen LogP contribution in [0.4, 0.5) is 13.2 Å². The molecule has 2 aromatic rings. The summed E-state index contributed by atoms with van der Waals surface area (Å²) in [5.74, 6) is 1.13. The Balaban J connectivity index is 0.000000924. The van der Waals surface area contributed by atoms with Crippen molar-refractivity contribution in [2.24, 2.45) is 5.92 Å². The summed E-state index contributed by atoms with van der Waals surface area (Å²) in [5, 5.41) is 7.70. The molecule has 0 N–H and O–H groups in total. The number of aromatic nitrogens is 3. The smallest absolute Gasteiger partial charge is 0.311 e. The first-order chi connectivity index (χ1) is 11.0. The summed E-state index contributed by atoms with van der Waals surface area (Å²) in [6.45, 7) is 3.89. The molecule has 1 aliphatic carbocycles. The Labute approximate surface area is 137 Å². The van der Waals surface area contributed by atoms with Gasteiger partial charge in [0.1, 0.15) is 11.4 Å². The van der Waals surface area contributed by atoms with Gasteiger partial charge in [0.05, 0.1) is 6.61 Å². The average molecular weight is 347 g/mol. The van der Waals surface area contributed by atoms with E-state index in [-0.39, 0.29) is 17.8 Å². The van der Waals surface area contributed by atoms with E-state index in [2.05, 4.69) is 10.2 Å². The molecular formula is C15H20F3N3OS. The fraction of sp³-hybridized carbons (Fsp3) is 0.600. The molecule has 0 aromatic carbocycles. The molecule has 2 heterocycles. The highest BCUT2D eigenvalue weighted by atomic mass is 32.2. The number of halogens is 3. The highest BCUT2D eigenvalue weighted by Gasteiger charge is 2.37. The molecule has 0 saturated heterocycles. The van der Waals surface area contributed by atoms with E-state index in [9.17, 15) is 13.2 Å². The lowest BCUT2D eigenvalue weighted by Gasteiger charge is -2.13. The average Bonchev–Trinajstić information content (AvgIpc) is 3.25. The van der Waals surface area contributed by atoms with E-state index in [4.69, 9.17) is 4.18 Å². The van der Waals surface area contributed by atoms with Gasteiger partial charge < -0.3 is 4.18 Å². The maximum absolute atomic E-state index is 13.3. The molecule has 1 fully saturated rings. The van der Waals surface area contributed by atoms with Crippen molar-refractivity contribution in [3.8, 4) is 0 Å². The zero-order valence-corrected chi connectivity index (χ0v) is 14.2. The lowest BCUT2D eigenvalue weighted by atomic mass is 10.1. The Morgan fingerprint density at radius 1 is 1.30 bits per heavy atom. The first-order valence-corrected chi connectivity index (χ1v) is 8.74. The number of fused-ring (bicyclic) bond motifs is 1. The van der Waals surface area contributed by atoms with E-state index in [1.165, 1.54) is 10.5 Å². The van der Waals surface area contributed by atoms with Crippen molar-refractivity contribution in [3.63, 3.8) is 0 Å². The van der Waals surface area contributed by atoms with Crippen molar-refractivity contribution in [3.05, 3.63) is 29.2 Å². The molecule has 4 nitrogen and oxygen atoms in total. The normalized spacial score (nSPS) is 14.7. The van der Waals surface area contributed by atoms with Crippen LogP contribution in [0.5, 0.6) is 0 Å². The van der Waals surface area contributed by atoms with Gasteiger partial charge in [-0.1, -0.05) is 13.8 Å². The minimum Gasteiger partial charge on any atom is -0.311 e. The fourth-order valence-corrected chi connectivity index (χ4v) is 2.56. The number of pyridine rings is 1. The van der Waals surface area contributed by atoms with Gasteiger partial charge in [0.2, 0.25) is 0 Å². The third-order valence-corrected chi connectivity index (χ3v) is 3.87. The summed E-state index contributed by atoms with van der Waals surface area (Å²) in [7, 11) is 0. The minimum atomic E-state index is -4.48. The highest BCUT2D eigenvalue weighted by molar-refractivity contribution is 7.93. The summed E-state index contributed by atoms with van der Waals surface area (Å²) in [6, 6.07) is 1.44. The monoisotopic (exact) mass is 347 g/mol. The van der Waals surface area contributed by atoms with Crippen molar-refractivity contribution >= 4 is 17.7 Å². The Morgan fingerprint density at radius 3 is 2.57 bits per heavy atom. The predicted molar refractivity (Wildman–Crippen MR) is 84.1 cm³/mol. The molecule has 23 heavy (non-hydrogen) atoms. The van der Waals surface area contributed by atoms with Gasteiger partial charge in [0.15, 0.2) is 5.65 Å². The first kappa shape index (κ1) is 18.1. The maximum Gasteiger partial charge on any atom is 0.420 e. The van der Waals surface area contributed by atoms with E-state index in [1.807, 2.05) is 13.8 Å². The van der Waals surface area contributed by atoms with E-state index in [1.54, 1.807) is 12.5 Å². The second-order valence-corrected chi connectivity index (χ2v) is 5.67. The van der Waals surface area contributed by atoms with Crippen LogP contribution in [-0.4, -0.2) is 20.9 Å². The molecule has 1 aliphatic rings. The fourth-order valence-electron chi connectivity index (χ4n) is 2.31. The maximum atomic E-state index is 13.3. The molecule has 0 spiro atoms. The Morgan fingerprint density at radius 2 is 2.00 bits per heavy atom. The number of hydrogen-bond donors (Lipinski definition) is 0. The topological polar surface area (TPSA) is 39.4 Å². The van der Waals surface area contributed by atoms with Gasteiger partial charge >= 0.3 is 6.18 Å². The first-order valence-electron chi connectivity index (χ1n) is 7.59. The van der Waals surface area contributed by atoms with Crippen molar-refractivity contribution in [1.82, 2.24) is 14.6 Å². The Bertz CT molecular complexity index is 653. The lowest BCUT2D eigenvalue weighted by Crippen LogP contribution is -2.13. The summed E-state index contributed by atoms with van der Waals surface area (Å²) in [4.78, 5) is 0. The molecule has 2 aromatic heterocycles. The summed E-state index contributed by atoms with van der Waals surface area (Å²) < 4.78 is 46.5. The summed E-state index contributed by atoms with van der Waals surface area (Å²) >= 11 is 1.03. The molecular weight excluding hydrogens is 327 g/mol. The van der Waals surface area contributed by atoms with Crippen LogP contribution in [0.2, 0.25) is 0 Å². The van der Waals surface area contributed by atoms with Crippen LogP contribution in [0.25, 0.3) is 5.65 Å². The molecule has 128 valence electrons. The van der Waals surface area contributed by atoms with E-state index in [0.717, 1.165) is 24.9 Å². The predicted octanol–water partition coefficient (Wildman–Crippen LogP) is 4.52. The molecule has 0 radical (unpaired) electrons. The van der Waals surface area contributed by atoms with Crippen LogP contribution in [-0.2, 0) is 23.4 Å². The zero-order valence-electron chi connectivity index (χ0n) is 13.4. The molecule has 0 amide bonds. The van der Waals surface area contributed by atoms with Crippen LogP contribution in [0.1, 0.15) is 43.6 Å². The third-order valence-electron chi connectivity index (χ3n) is 3.52. The second-order valence-electron chi connectivity index (χ2n) is 5.10. The Hall–Kier alpha value is -1.28. The molecule has 0 aliphatic heterocycles. The van der Waals surface area contributed by atoms with Gasteiger partial charge in [0.25, 0.3) is 0 Å². The van der Waals surface area contributed by atoms with Gasteiger partial charge in [-0.3, -0.25) is 4.40 Å². The van der Waals surface area contributed by atoms with Gasteiger partial charge in [-0.25, -0.2) is 0 Å². The molecule has 1 saturated carbocycles. The van der Waals surface area contributed by atoms with Crippen LogP contribution < -0.4 is 0 Å². The van der Waals surface area contributed by atoms with E-state index >= 15 is 0 Å². The highest BCUT2D eigenvalue weighted by Crippen LogP contribution is 2.37. The SMILES string of the molecule is CC.CSOCc1ccn2c(CC3CC3)nnc2c1C(F)(F)F. The third kappa shape index (κ3) is 4.17. The van der Waals surface area contributed by atoms with Crippen molar-refractivity contribution < 1.29 is 17.4 Å². The van der Waals surface area contributed by atoms with Crippen LogP contribution in [0.15, 0.2) is 12.3 Å².